The first kappa shape index (κ1) is 27.5. The predicted octanol–water partition coefficient (Wildman–Crippen LogP) is 3.87. The van der Waals surface area contributed by atoms with E-state index in [1.165, 1.54) is 29.5 Å². The van der Waals surface area contributed by atoms with Gasteiger partial charge in [-0.15, -0.1) is 0 Å². The van der Waals surface area contributed by atoms with E-state index in [2.05, 4.69) is 24.8 Å². The Morgan fingerprint density at radius 1 is 1.05 bits per heavy atom. The number of sulfonamides is 1. The molecule has 1 aliphatic heterocycles. The summed E-state index contributed by atoms with van der Waals surface area (Å²) in [5, 5.41) is 14.8. The van der Waals surface area contributed by atoms with Gasteiger partial charge in [-0.25, -0.2) is 13.4 Å². The Bertz CT molecular complexity index is 1650. The topological polar surface area (TPSA) is 138 Å². The molecule has 2 N–H and O–H groups in total. The normalized spacial score (nSPS) is 14.3. The summed E-state index contributed by atoms with van der Waals surface area (Å²) in [7, 11) is -3.84. The van der Waals surface area contributed by atoms with E-state index in [-0.39, 0.29) is 27.7 Å². The lowest BCUT2D eigenvalue weighted by atomic mass is 10.1. The maximum absolute atomic E-state index is 12.9. The number of nitro benzene ring substituents is 1. The van der Waals surface area contributed by atoms with Crippen molar-refractivity contribution in [2.45, 2.75) is 11.8 Å². The number of non-ortho nitro benzene ring substituents is 1. The third kappa shape index (κ3) is 6.22. The van der Waals surface area contributed by atoms with E-state index in [4.69, 9.17) is 0 Å². The lowest BCUT2D eigenvalue weighted by molar-refractivity contribution is -0.384. The summed E-state index contributed by atoms with van der Waals surface area (Å²) in [6, 6.07) is 17.7. The number of aromatic nitrogens is 1. The fraction of sp³-hybridized carbons (Fsp3) is 0.259. The molecule has 1 fully saturated rings. The van der Waals surface area contributed by atoms with Crippen molar-refractivity contribution >= 4 is 54.0 Å². The van der Waals surface area contributed by atoms with Crippen LogP contribution in [-0.4, -0.2) is 68.4 Å². The van der Waals surface area contributed by atoms with Crippen LogP contribution in [0.3, 0.4) is 0 Å². The van der Waals surface area contributed by atoms with Crippen LogP contribution in [0.1, 0.15) is 15.9 Å². The molecule has 1 aromatic heterocycles. The van der Waals surface area contributed by atoms with Crippen molar-refractivity contribution in [1.29, 1.82) is 0 Å². The third-order valence-electron chi connectivity index (χ3n) is 6.68. The average Bonchev–Trinajstić information content (AvgIpc) is 3.37. The molecule has 0 unspecified atom stereocenters. The molecule has 3 aromatic carbocycles. The second kappa shape index (κ2) is 11.6. The fourth-order valence-electron chi connectivity index (χ4n) is 4.43. The van der Waals surface area contributed by atoms with Crippen molar-refractivity contribution in [3.05, 3.63) is 88.0 Å². The average molecular weight is 581 g/mol. The minimum atomic E-state index is -3.84. The maximum Gasteiger partial charge on any atom is 0.270 e. The van der Waals surface area contributed by atoms with Crippen LogP contribution in [0, 0.1) is 17.0 Å². The summed E-state index contributed by atoms with van der Waals surface area (Å²) in [5.74, 6) is -0.357. The number of anilines is 2. The van der Waals surface area contributed by atoms with Crippen LogP contribution < -0.4 is 14.9 Å². The van der Waals surface area contributed by atoms with Gasteiger partial charge in [0, 0.05) is 51.4 Å². The molecule has 0 radical (unpaired) electrons. The summed E-state index contributed by atoms with van der Waals surface area (Å²) in [6.45, 7) is 5.98. The second-order valence-corrected chi connectivity index (χ2v) is 12.1. The number of nitro groups is 1. The quantitative estimate of drug-likeness (QED) is 0.225. The molecule has 11 nitrogen and oxygen atoms in total. The van der Waals surface area contributed by atoms with Crippen molar-refractivity contribution in [3.8, 4) is 0 Å². The highest BCUT2D eigenvalue weighted by Crippen LogP contribution is 2.31. The molecule has 0 saturated carbocycles. The van der Waals surface area contributed by atoms with Crippen LogP contribution >= 0.6 is 11.3 Å². The van der Waals surface area contributed by atoms with Gasteiger partial charge in [-0.1, -0.05) is 41.2 Å². The molecule has 1 aliphatic rings. The Balaban J connectivity index is 1.13. The summed E-state index contributed by atoms with van der Waals surface area (Å²) in [5.41, 5.74) is 2.22. The zero-order valence-corrected chi connectivity index (χ0v) is 23.4. The van der Waals surface area contributed by atoms with E-state index in [0.29, 0.717) is 13.1 Å². The number of para-hydroxylation sites is 1. The molecule has 208 valence electrons. The number of carbonyl (C=O) groups is 1. The number of hydrogen-bond donors (Lipinski definition) is 2. The second-order valence-electron chi connectivity index (χ2n) is 9.45. The van der Waals surface area contributed by atoms with Gasteiger partial charge in [0.2, 0.25) is 0 Å². The van der Waals surface area contributed by atoms with Crippen LogP contribution in [-0.2, 0) is 10.0 Å². The van der Waals surface area contributed by atoms with Crippen LogP contribution in [0.2, 0.25) is 0 Å². The van der Waals surface area contributed by atoms with Gasteiger partial charge in [0.05, 0.1) is 31.3 Å². The van der Waals surface area contributed by atoms with E-state index in [1.807, 2.05) is 6.92 Å². The molecule has 1 amide bonds. The Morgan fingerprint density at radius 3 is 2.50 bits per heavy atom. The molecule has 13 heteroatoms. The van der Waals surface area contributed by atoms with Gasteiger partial charge in [-0.3, -0.25) is 24.5 Å². The van der Waals surface area contributed by atoms with Crippen LogP contribution in [0.25, 0.3) is 10.2 Å². The highest BCUT2D eigenvalue weighted by Gasteiger charge is 2.22. The first-order valence-corrected chi connectivity index (χ1v) is 15.0. The molecular formula is C27H28N6O5S2. The highest BCUT2D eigenvalue weighted by molar-refractivity contribution is 7.92. The van der Waals surface area contributed by atoms with Crippen molar-refractivity contribution in [2.75, 3.05) is 48.9 Å². The number of thiazole rings is 1. The Labute approximate surface area is 235 Å². The molecule has 0 atom stereocenters. The van der Waals surface area contributed by atoms with E-state index in [9.17, 15) is 23.3 Å². The van der Waals surface area contributed by atoms with Crippen molar-refractivity contribution < 1.29 is 18.1 Å². The Hall–Kier alpha value is -4.07. The largest absolute Gasteiger partial charge is 0.351 e. The minimum Gasteiger partial charge on any atom is -0.351 e. The highest BCUT2D eigenvalue weighted by atomic mass is 32.2. The Morgan fingerprint density at radius 2 is 1.77 bits per heavy atom. The number of nitrogens with one attached hydrogen (secondary N) is 2. The first-order chi connectivity index (χ1) is 19.2. The number of hydrogen-bond acceptors (Lipinski definition) is 9. The number of carbonyl (C=O) groups excluding carboxylic acids is 1. The van der Waals surface area contributed by atoms with Crippen LogP contribution in [0.4, 0.5) is 16.5 Å². The Kier molecular flexibility index (Phi) is 7.96. The molecule has 0 spiro atoms. The number of aryl methyl sites for hydroxylation is 1. The van der Waals surface area contributed by atoms with E-state index in [0.717, 1.165) is 47.1 Å². The molecule has 2 heterocycles. The van der Waals surface area contributed by atoms with Crippen molar-refractivity contribution in [1.82, 2.24) is 15.2 Å². The van der Waals surface area contributed by atoms with Gasteiger partial charge in [0.15, 0.2) is 5.13 Å². The lowest BCUT2D eigenvalue weighted by Crippen LogP contribution is -2.48. The van der Waals surface area contributed by atoms with Gasteiger partial charge in [-0.05, 0) is 37.3 Å². The van der Waals surface area contributed by atoms with Crippen LogP contribution in [0.15, 0.2) is 71.6 Å². The standard InChI is InChI=1S/C27H28N6O5S2/c1-19-6-9-21(10-7-19)40(37,38)30-23-5-3-2-4-22(23)26(34)28-12-13-31-14-16-32(17-15-31)27-29-24-11-8-20(33(35)36)18-25(24)39-27/h2-11,18,30H,12-17H2,1H3,(H,28,34). The van der Waals surface area contributed by atoms with Gasteiger partial charge < -0.3 is 10.2 Å². The first-order valence-electron chi connectivity index (χ1n) is 12.7. The fourth-order valence-corrected chi connectivity index (χ4v) is 6.56. The van der Waals surface area contributed by atoms with Gasteiger partial charge >= 0.3 is 0 Å². The van der Waals surface area contributed by atoms with Gasteiger partial charge in [0.1, 0.15) is 0 Å². The lowest BCUT2D eigenvalue weighted by Gasteiger charge is -2.34. The van der Waals surface area contributed by atoms with E-state index < -0.39 is 14.9 Å². The molecule has 4 aromatic rings. The van der Waals surface area contributed by atoms with Gasteiger partial charge in [-0.2, -0.15) is 0 Å². The van der Waals surface area contributed by atoms with Gasteiger partial charge in [0.25, 0.3) is 21.6 Å². The summed E-state index contributed by atoms with van der Waals surface area (Å²) in [4.78, 5) is 32.8. The number of piperazine rings is 1. The number of fused-ring (bicyclic) bond motifs is 1. The molecule has 0 bridgehead atoms. The van der Waals surface area contributed by atoms with Crippen molar-refractivity contribution in [2.24, 2.45) is 0 Å². The monoisotopic (exact) mass is 580 g/mol. The van der Waals surface area contributed by atoms with Crippen molar-refractivity contribution in [3.63, 3.8) is 0 Å². The predicted molar refractivity (Wildman–Crippen MR) is 156 cm³/mol. The third-order valence-corrected chi connectivity index (χ3v) is 9.14. The van der Waals surface area contributed by atoms with E-state index in [1.54, 1.807) is 48.5 Å². The molecular weight excluding hydrogens is 552 g/mol. The number of rotatable bonds is 9. The zero-order valence-electron chi connectivity index (χ0n) is 21.7. The number of benzene rings is 3. The zero-order chi connectivity index (χ0) is 28.3. The SMILES string of the molecule is Cc1ccc(S(=O)(=O)Nc2ccccc2C(=O)NCCN2CCN(c3nc4ccc([N+](=O)[O-])cc4s3)CC2)cc1. The number of amides is 1. The van der Waals surface area contributed by atoms with E-state index >= 15 is 0 Å². The molecule has 5 rings (SSSR count). The summed E-state index contributed by atoms with van der Waals surface area (Å²) in [6.07, 6.45) is 0. The number of nitrogens with zero attached hydrogens (tertiary/aromatic N) is 4. The maximum atomic E-state index is 12.9. The smallest absolute Gasteiger partial charge is 0.270 e. The molecule has 0 aliphatic carbocycles. The molecule has 1 saturated heterocycles. The molecule has 40 heavy (non-hydrogen) atoms. The summed E-state index contributed by atoms with van der Waals surface area (Å²) >= 11 is 1.45. The summed E-state index contributed by atoms with van der Waals surface area (Å²) < 4.78 is 29.0. The van der Waals surface area contributed by atoms with Crippen LogP contribution in [0.5, 0.6) is 0 Å². The minimum absolute atomic E-state index is 0.0564.